The minimum atomic E-state index is 0.307. The minimum absolute atomic E-state index is 0.307. The highest BCUT2D eigenvalue weighted by molar-refractivity contribution is 5.80. The molecule has 18 heavy (non-hydrogen) atoms. The molecule has 2 unspecified atom stereocenters. The van der Waals surface area contributed by atoms with E-state index in [1.165, 1.54) is 32.5 Å². The summed E-state index contributed by atoms with van der Waals surface area (Å²) in [5.74, 6) is 0.950. The molecule has 1 rings (SSSR count). The van der Waals surface area contributed by atoms with Gasteiger partial charge in [-0.3, -0.25) is 0 Å². The molecule has 1 fully saturated rings. The fraction of sp³-hybridized carbons (Fsp3) is 0.923. The van der Waals surface area contributed by atoms with Gasteiger partial charge in [-0.25, -0.2) is 0 Å². The maximum absolute atomic E-state index is 8.57. The summed E-state index contributed by atoms with van der Waals surface area (Å²) in [4.78, 5) is 2.54. The van der Waals surface area contributed by atoms with Gasteiger partial charge < -0.3 is 21.2 Å². The summed E-state index contributed by atoms with van der Waals surface area (Å²) in [7, 11) is 0. The van der Waals surface area contributed by atoms with E-state index in [-0.39, 0.29) is 0 Å². The molecule has 1 aliphatic rings. The number of rotatable bonds is 8. The van der Waals surface area contributed by atoms with E-state index in [9.17, 15) is 0 Å². The van der Waals surface area contributed by atoms with Crippen LogP contribution in [0.25, 0.3) is 0 Å². The van der Waals surface area contributed by atoms with Crippen LogP contribution in [0.3, 0.4) is 0 Å². The molecule has 0 aliphatic carbocycles. The Morgan fingerprint density at radius 1 is 1.44 bits per heavy atom. The van der Waals surface area contributed by atoms with E-state index in [2.05, 4.69) is 29.2 Å². The highest BCUT2D eigenvalue weighted by Gasteiger charge is 2.15. The van der Waals surface area contributed by atoms with Gasteiger partial charge in [-0.15, -0.1) is 0 Å². The van der Waals surface area contributed by atoms with Gasteiger partial charge in [-0.1, -0.05) is 19.0 Å². The van der Waals surface area contributed by atoms with Gasteiger partial charge in [0.1, 0.15) is 5.84 Å². The first-order valence-electron chi connectivity index (χ1n) is 7.07. The Kier molecular flexibility index (Phi) is 7.05. The first-order chi connectivity index (χ1) is 8.65. The fourth-order valence-corrected chi connectivity index (χ4v) is 2.49. The second-order valence-corrected chi connectivity index (χ2v) is 5.42. The summed E-state index contributed by atoms with van der Waals surface area (Å²) in [5, 5.41) is 15.1. The largest absolute Gasteiger partial charge is 0.409 e. The Bertz CT molecular complexity index is 251. The zero-order valence-corrected chi connectivity index (χ0v) is 11.7. The molecule has 4 N–H and O–H groups in total. The van der Waals surface area contributed by atoms with Crippen LogP contribution in [0.5, 0.6) is 0 Å². The van der Waals surface area contributed by atoms with Gasteiger partial charge in [0.15, 0.2) is 0 Å². The number of amidine groups is 1. The van der Waals surface area contributed by atoms with Gasteiger partial charge in [0.2, 0.25) is 0 Å². The fourth-order valence-electron chi connectivity index (χ4n) is 2.49. The highest BCUT2D eigenvalue weighted by atomic mass is 16.4. The lowest BCUT2D eigenvalue weighted by molar-refractivity contribution is 0.276. The normalized spacial score (nSPS) is 21.1. The van der Waals surface area contributed by atoms with Crippen molar-refractivity contribution in [2.24, 2.45) is 16.8 Å². The van der Waals surface area contributed by atoms with Crippen LogP contribution in [0.4, 0.5) is 0 Å². The van der Waals surface area contributed by atoms with E-state index in [1.807, 2.05) is 0 Å². The van der Waals surface area contributed by atoms with Crippen LogP contribution in [0.15, 0.2) is 5.16 Å². The van der Waals surface area contributed by atoms with Gasteiger partial charge in [-0.05, 0) is 44.8 Å². The maximum atomic E-state index is 8.57. The summed E-state index contributed by atoms with van der Waals surface area (Å²) in [6.45, 7) is 9.08. The summed E-state index contributed by atoms with van der Waals surface area (Å²) in [5.41, 5.74) is 5.54. The Labute approximate surface area is 110 Å². The van der Waals surface area contributed by atoms with Crippen LogP contribution in [-0.4, -0.2) is 48.2 Å². The molecule has 0 spiro atoms. The van der Waals surface area contributed by atoms with Crippen molar-refractivity contribution in [3.63, 3.8) is 0 Å². The van der Waals surface area contributed by atoms with Crippen molar-refractivity contribution in [3.05, 3.63) is 0 Å². The van der Waals surface area contributed by atoms with Crippen LogP contribution >= 0.6 is 0 Å². The number of likely N-dealkylation sites (tertiary alicyclic amines) is 1. The number of oxime groups is 1. The van der Waals surface area contributed by atoms with Gasteiger partial charge in [0, 0.05) is 19.0 Å². The minimum Gasteiger partial charge on any atom is -0.409 e. The van der Waals surface area contributed by atoms with E-state index in [1.54, 1.807) is 0 Å². The topological polar surface area (TPSA) is 73.9 Å². The summed E-state index contributed by atoms with van der Waals surface area (Å²) < 4.78 is 0. The maximum Gasteiger partial charge on any atom is 0.140 e. The molecule has 1 aliphatic heterocycles. The molecular formula is C13H28N4O. The van der Waals surface area contributed by atoms with Crippen molar-refractivity contribution in [1.29, 1.82) is 0 Å². The first kappa shape index (κ1) is 15.2. The standard InChI is InChI=1S/C13H28N4O/c1-3-12(8-13(14)16-18)15-9-11(2)10-17-6-4-5-7-17/h11-12,15,18H,3-10H2,1-2H3,(H2,14,16). The Hall–Kier alpha value is -0.810. The zero-order valence-electron chi connectivity index (χ0n) is 11.7. The van der Waals surface area contributed by atoms with Crippen molar-refractivity contribution in [1.82, 2.24) is 10.2 Å². The number of nitrogens with one attached hydrogen (secondary N) is 1. The predicted octanol–water partition coefficient (Wildman–Crippen LogP) is 1.22. The van der Waals surface area contributed by atoms with Gasteiger partial charge in [-0.2, -0.15) is 0 Å². The number of nitrogens with two attached hydrogens (primary N) is 1. The van der Waals surface area contributed by atoms with E-state index in [4.69, 9.17) is 10.9 Å². The Balaban J connectivity index is 2.20. The van der Waals surface area contributed by atoms with Crippen molar-refractivity contribution in [2.75, 3.05) is 26.2 Å². The van der Waals surface area contributed by atoms with Crippen molar-refractivity contribution in [3.8, 4) is 0 Å². The molecule has 5 heteroatoms. The lowest BCUT2D eigenvalue weighted by Crippen LogP contribution is -2.38. The lowest BCUT2D eigenvalue weighted by Gasteiger charge is -2.23. The smallest absolute Gasteiger partial charge is 0.140 e. The molecular weight excluding hydrogens is 228 g/mol. The molecule has 0 aromatic heterocycles. The molecule has 1 saturated heterocycles. The molecule has 0 aromatic carbocycles. The van der Waals surface area contributed by atoms with E-state index in [0.29, 0.717) is 24.2 Å². The molecule has 0 aromatic rings. The summed E-state index contributed by atoms with van der Waals surface area (Å²) in [6, 6.07) is 0.307. The molecule has 0 bridgehead atoms. The van der Waals surface area contributed by atoms with Crippen LogP contribution in [0.1, 0.15) is 39.5 Å². The number of hydrogen-bond acceptors (Lipinski definition) is 4. The third-order valence-electron chi connectivity index (χ3n) is 3.60. The third-order valence-corrected chi connectivity index (χ3v) is 3.60. The molecule has 0 amide bonds. The zero-order chi connectivity index (χ0) is 13.4. The van der Waals surface area contributed by atoms with Crippen LogP contribution in [0, 0.1) is 5.92 Å². The third kappa shape index (κ3) is 5.69. The second-order valence-electron chi connectivity index (χ2n) is 5.42. The number of hydrogen-bond donors (Lipinski definition) is 3. The number of nitrogens with zero attached hydrogens (tertiary/aromatic N) is 2. The van der Waals surface area contributed by atoms with Gasteiger partial charge >= 0.3 is 0 Å². The van der Waals surface area contributed by atoms with Gasteiger partial charge in [0.05, 0.1) is 0 Å². The van der Waals surface area contributed by atoms with E-state index in [0.717, 1.165) is 13.0 Å². The Morgan fingerprint density at radius 2 is 2.11 bits per heavy atom. The van der Waals surface area contributed by atoms with Crippen LogP contribution in [0.2, 0.25) is 0 Å². The van der Waals surface area contributed by atoms with Crippen LogP contribution in [-0.2, 0) is 0 Å². The first-order valence-corrected chi connectivity index (χ1v) is 7.07. The van der Waals surface area contributed by atoms with Gasteiger partial charge in [0.25, 0.3) is 0 Å². The average Bonchev–Trinajstić information content (AvgIpc) is 2.86. The van der Waals surface area contributed by atoms with E-state index < -0.39 is 0 Å². The van der Waals surface area contributed by atoms with E-state index >= 15 is 0 Å². The molecule has 2 atom stereocenters. The van der Waals surface area contributed by atoms with Crippen molar-refractivity contribution >= 4 is 5.84 Å². The average molecular weight is 256 g/mol. The predicted molar refractivity (Wildman–Crippen MR) is 74.9 cm³/mol. The lowest BCUT2D eigenvalue weighted by atomic mass is 10.1. The summed E-state index contributed by atoms with van der Waals surface area (Å²) >= 11 is 0. The molecule has 106 valence electrons. The molecule has 1 heterocycles. The molecule has 0 saturated carbocycles. The molecule has 0 radical (unpaired) electrons. The SMILES string of the molecule is CCC(CC(N)=NO)NCC(C)CN1CCCC1. The van der Waals surface area contributed by atoms with Crippen molar-refractivity contribution in [2.45, 2.75) is 45.6 Å². The highest BCUT2D eigenvalue weighted by Crippen LogP contribution is 2.10. The van der Waals surface area contributed by atoms with Crippen LogP contribution < -0.4 is 11.1 Å². The quantitative estimate of drug-likeness (QED) is 0.264. The monoisotopic (exact) mass is 256 g/mol. The van der Waals surface area contributed by atoms with Crippen molar-refractivity contribution < 1.29 is 5.21 Å². The Morgan fingerprint density at radius 3 is 2.67 bits per heavy atom. The second kappa shape index (κ2) is 8.32. The summed E-state index contributed by atoms with van der Waals surface area (Å²) in [6.07, 6.45) is 4.30. The molecule has 5 nitrogen and oxygen atoms in total.